The molecule has 3 nitrogen and oxygen atoms in total. The van der Waals surface area contributed by atoms with Crippen LogP contribution in [0.15, 0.2) is 28.7 Å². The fourth-order valence-corrected chi connectivity index (χ4v) is 1.57. The van der Waals surface area contributed by atoms with Crippen LogP contribution in [0, 0.1) is 0 Å². The van der Waals surface area contributed by atoms with Crippen LogP contribution in [-0.2, 0) is 0 Å². The molecule has 0 unspecified atom stereocenters. The summed E-state index contributed by atoms with van der Waals surface area (Å²) in [5.74, 6) is 0.144. The average Bonchev–Trinajstić information content (AvgIpc) is 2.61. The molecule has 2 rings (SSSR count). The number of nitrogens with zero attached hydrogens (tertiary/aromatic N) is 1. The predicted molar refractivity (Wildman–Crippen MR) is 59.2 cm³/mol. The number of furan rings is 1. The molecule has 0 bridgehead atoms. The van der Waals surface area contributed by atoms with Crippen molar-refractivity contribution in [2.45, 2.75) is 0 Å². The van der Waals surface area contributed by atoms with Crippen LogP contribution in [0.4, 0.5) is 0 Å². The van der Waals surface area contributed by atoms with Crippen molar-refractivity contribution in [3.05, 3.63) is 35.0 Å². The monoisotopic (exact) mass is 223 g/mol. The van der Waals surface area contributed by atoms with E-state index in [4.69, 9.17) is 16.0 Å². The van der Waals surface area contributed by atoms with Gasteiger partial charge in [0.25, 0.3) is 5.91 Å². The van der Waals surface area contributed by atoms with E-state index in [0.717, 1.165) is 5.39 Å². The molecule has 1 heterocycles. The highest BCUT2D eigenvalue weighted by molar-refractivity contribution is 6.34. The number of carbonyl (C=O) groups is 1. The van der Waals surface area contributed by atoms with Gasteiger partial charge in [0.15, 0.2) is 11.3 Å². The van der Waals surface area contributed by atoms with Gasteiger partial charge in [-0.15, -0.1) is 0 Å². The molecule has 0 spiro atoms. The van der Waals surface area contributed by atoms with Crippen LogP contribution in [0.25, 0.3) is 11.0 Å². The summed E-state index contributed by atoms with van der Waals surface area (Å²) in [5.41, 5.74) is 0.560. The first kappa shape index (κ1) is 10.1. The van der Waals surface area contributed by atoms with E-state index < -0.39 is 0 Å². The molecule has 0 radical (unpaired) electrons. The average molecular weight is 224 g/mol. The Bertz CT molecular complexity index is 516. The van der Waals surface area contributed by atoms with Gasteiger partial charge in [0, 0.05) is 19.5 Å². The number of amides is 1. The van der Waals surface area contributed by atoms with Gasteiger partial charge in [-0.2, -0.15) is 0 Å². The summed E-state index contributed by atoms with van der Waals surface area (Å²) >= 11 is 5.94. The highest BCUT2D eigenvalue weighted by Crippen LogP contribution is 2.26. The third-order valence-corrected chi connectivity index (χ3v) is 2.41. The summed E-state index contributed by atoms with van der Waals surface area (Å²) in [6.07, 6.45) is 0. The van der Waals surface area contributed by atoms with Crippen LogP contribution in [-0.4, -0.2) is 24.9 Å². The highest BCUT2D eigenvalue weighted by Gasteiger charge is 2.14. The zero-order valence-corrected chi connectivity index (χ0v) is 9.21. The Kier molecular flexibility index (Phi) is 2.40. The smallest absolute Gasteiger partial charge is 0.289 e. The molecule has 1 amide bonds. The minimum atomic E-state index is -0.165. The van der Waals surface area contributed by atoms with Crippen LogP contribution >= 0.6 is 11.6 Å². The van der Waals surface area contributed by atoms with E-state index in [2.05, 4.69) is 0 Å². The van der Waals surface area contributed by atoms with Crippen LogP contribution < -0.4 is 0 Å². The zero-order chi connectivity index (χ0) is 11.0. The third kappa shape index (κ3) is 1.70. The Morgan fingerprint density at radius 1 is 1.40 bits per heavy atom. The van der Waals surface area contributed by atoms with Crippen LogP contribution in [0.5, 0.6) is 0 Å². The summed E-state index contributed by atoms with van der Waals surface area (Å²) in [6.45, 7) is 0. The first-order valence-electron chi connectivity index (χ1n) is 4.49. The first-order chi connectivity index (χ1) is 7.09. The molecule has 78 valence electrons. The second kappa shape index (κ2) is 3.59. The Hall–Kier alpha value is -1.48. The molecule has 0 saturated carbocycles. The fraction of sp³-hybridized carbons (Fsp3) is 0.182. The first-order valence-corrected chi connectivity index (χ1v) is 4.87. The molecule has 1 aromatic heterocycles. The lowest BCUT2D eigenvalue weighted by molar-refractivity contribution is 0.0799. The Balaban J connectivity index is 2.57. The normalized spacial score (nSPS) is 10.6. The van der Waals surface area contributed by atoms with Gasteiger partial charge in [0.05, 0.1) is 5.02 Å². The number of para-hydroxylation sites is 1. The number of benzene rings is 1. The Morgan fingerprint density at radius 2 is 2.13 bits per heavy atom. The maximum absolute atomic E-state index is 11.6. The van der Waals surface area contributed by atoms with Crippen molar-refractivity contribution in [2.24, 2.45) is 0 Å². The van der Waals surface area contributed by atoms with Crippen molar-refractivity contribution in [2.75, 3.05) is 14.1 Å². The lowest BCUT2D eigenvalue weighted by Crippen LogP contribution is -2.20. The number of hydrogen-bond acceptors (Lipinski definition) is 2. The Labute approximate surface area is 92.2 Å². The number of carbonyl (C=O) groups excluding carboxylic acids is 1. The van der Waals surface area contributed by atoms with Crippen molar-refractivity contribution in [1.29, 1.82) is 0 Å². The Morgan fingerprint density at radius 3 is 2.73 bits per heavy atom. The fourth-order valence-electron chi connectivity index (χ4n) is 1.35. The maximum atomic E-state index is 11.6. The van der Waals surface area contributed by atoms with Gasteiger partial charge in [-0.3, -0.25) is 4.79 Å². The molecule has 0 N–H and O–H groups in total. The van der Waals surface area contributed by atoms with Crippen molar-refractivity contribution < 1.29 is 9.21 Å². The van der Waals surface area contributed by atoms with E-state index in [0.29, 0.717) is 16.4 Å². The molecule has 2 aromatic rings. The third-order valence-electron chi connectivity index (χ3n) is 2.11. The topological polar surface area (TPSA) is 33.5 Å². The summed E-state index contributed by atoms with van der Waals surface area (Å²) in [7, 11) is 3.36. The molecule has 0 fully saturated rings. The number of hydrogen-bond donors (Lipinski definition) is 0. The molecular weight excluding hydrogens is 214 g/mol. The van der Waals surface area contributed by atoms with Gasteiger partial charge < -0.3 is 9.32 Å². The quantitative estimate of drug-likeness (QED) is 0.745. The van der Waals surface area contributed by atoms with Crippen molar-refractivity contribution >= 4 is 28.5 Å². The highest BCUT2D eigenvalue weighted by atomic mass is 35.5. The van der Waals surface area contributed by atoms with E-state index in [1.165, 1.54) is 4.90 Å². The standard InChI is InChI=1S/C11H10ClNO2/c1-13(2)11(14)9-6-7-4-3-5-8(12)10(7)15-9/h3-6H,1-2H3. The van der Waals surface area contributed by atoms with Crippen molar-refractivity contribution in [3.8, 4) is 0 Å². The molecule has 1 aromatic carbocycles. The zero-order valence-electron chi connectivity index (χ0n) is 8.45. The molecule has 15 heavy (non-hydrogen) atoms. The largest absolute Gasteiger partial charge is 0.449 e. The van der Waals surface area contributed by atoms with Gasteiger partial charge in [0.2, 0.25) is 0 Å². The molecule has 0 aliphatic heterocycles. The van der Waals surface area contributed by atoms with Gasteiger partial charge in [-0.25, -0.2) is 0 Å². The summed E-state index contributed by atoms with van der Waals surface area (Å²) in [4.78, 5) is 13.1. The second-order valence-corrected chi connectivity index (χ2v) is 3.88. The lowest BCUT2D eigenvalue weighted by atomic mass is 10.2. The number of fused-ring (bicyclic) bond motifs is 1. The minimum absolute atomic E-state index is 0.165. The van der Waals surface area contributed by atoms with Crippen LogP contribution in [0.1, 0.15) is 10.6 Å². The molecule has 0 aliphatic rings. The summed E-state index contributed by atoms with van der Waals surface area (Å²) in [5, 5.41) is 1.36. The maximum Gasteiger partial charge on any atom is 0.289 e. The molecule has 0 aliphatic carbocycles. The van der Waals surface area contributed by atoms with E-state index in [9.17, 15) is 4.79 Å². The summed E-state index contributed by atoms with van der Waals surface area (Å²) < 4.78 is 5.40. The van der Waals surface area contributed by atoms with Crippen molar-refractivity contribution in [1.82, 2.24) is 4.90 Å². The number of rotatable bonds is 1. The van der Waals surface area contributed by atoms with Crippen LogP contribution in [0.2, 0.25) is 5.02 Å². The van der Waals surface area contributed by atoms with Crippen LogP contribution in [0.3, 0.4) is 0 Å². The van der Waals surface area contributed by atoms with Gasteiger partial charge >= 0.3 is 0 Å². The molecular formula is C11H10ClNO2. The molecule has 4 heteroatoms. The van der Waals surface area contributed by atoms with E-state index >= 15 is 0 Å². The predicted octanol–water partition coefficient (Wildman–Crippen LogP) is 2.79. The van der Waals surface area contributed by atoms with Gasteiger partial charge in [0.1, 0.15) is 0 Å². The lowest BCUT2D eigenvalue weighted by Gasteiger charge is -2.06. The van der Waals surface area contributed by atoms with Gasteiger partial charge in [-0.05, 0) is 12.1 Å². The van der Waals surface area contributed by atoms with Gasteiger partial charge in [-0.1, -0.05) is 23.7 Å². The second-order valence-electron chi connectivity index (χ2n) is 3.47. The van der Waals surface area contributed by atoms with E-state index in [1.807, 2.05) is 12.1 Å². The van der Waals surface area contributed by atoms with E-state index in [-0.39, 0.29) is 5.91 Å². The summed E-state index contributed by atoms with van der Waals surface area (Å²) in [6, 6.07) is 7.11. The molecule has 0 atom stereocenters. The SMILES string of the molecule is CN(C)C(=O)c1cc2cccc(Cl)c2o1. The molecule has 0 saturated heterocycles. The number of halogens is 1. The van der Waals surface area contributed by atoms with Crippen molar-refractivity contribution in [3.63, 3.8) is 0 Å². The van der Waals surface area contributed by atoms with E-state index in [1.54, 1.807) is 26.2 Å². The minimum Gasteiger partial charge on any atom is -0.449 e.